The van der Waals surface area contributed by atoms with Crippen LogP contribution in [-0.4, -0.2) is 14.7 Å². The second kappa shape index (κ2) is 8.90. The number of nitrogens with zero attached hydrogens (tertiary/aromatic N) is 3. The van der Waals surface area contributed by atoms with Crippen LogP contribution < -0.4 is 10.2 Å². The van der Waals surface area contributed by atoms with Crippen molar-refractivity contribution in [2.24, 2.45) is 0 Å². The van der Waals surface area contributed by atoms with Crippen LogP contribution in [0.3, 0.4) is 0 Å². The van der Waals surface area contributed by atoms with E-state index in [4.69, 9.17) is 28.8 Å². The highest BCUT2D eigenvalue weighted by Gasteiger charge is 2.43. The van der Waals surface area contributed by atoms with Crippen LogP contribution in [0.4, 0.5) is 5.69 Å². The molecule has 0 amide bonds. The Morgan fingerprint density at radius 3 is 2.35 bits per heavy atom. The average molecular weight is 487 g/mol. The predicted molar refractivity (Wildman–Crippen MR) is 144 cm³/mol. The second-order valence-electron chi connectivity index (χ2n) is 8.86. The van der Waals surface area contributed by atoms with Crippen molar-refractivity contribution in [3.8, 4) is 5.69 Å². The Kier molecular flexibility index (Phi) is 5.92. The fourth-order valence-corrected chi connectivity index (χ4v) is 5.68. The number of halogens is 1. The molecule has 4 aromatic rings. The van der Waals surface area contributed by atoms with Gasteiger partial charge in [-0.1, -0.05) is 35.9 Å². The fourth-order valence-electron chi connectivity index (χ4n) is 5.15. The van der Waals surface area contributed by atoms with Crippen LogP contribution in [0, 0.1) is 27.7 Å². The third kappa shape index (κ3) is 3.79. The van der Waals surface area contributed by atoms with Gasteiger partial charge in [0.1, 0.15) is 0 Å². The van der Waals surface area contributed by atoms with Crippen LogP contribution in [-0.2, 0) is 0 Å². The van der Waals surface area contributed by atoms with Gasteiger partial charge in [0.15, 0.2) is 5.11 Å². The molecule has 1 N–H and O–H groups in total. The standard InChI is InChI=1S/C28H27ClN4S/c1-17-9-7-11-22(15-17)33-27(26(31-28(33)34)24-13-5-6-14-30-24)25-18(2)19(3)32(20(25)4)23-12-8-10-21(29)16-23/h5-16,26-27H,1-4H3,(H,31,34)/t26-,27-/m0/s1. The van der Waals surface area contributed by atoms with Crippen molar-refractivity contribution < 1.29 is 0 Å². The number of hydrogen-bond donors (Lipinski definition) is 1. The molecule has 0 radical (unpaired) electrons. The van der Waals surface area contributed by atoms with Crippen LogP contribution in [0.2, 0.25) is 5.02 Å². The van der Waals surface area contributed by atoms with E-state index in [0.29, 0.717) is 5.11 Å². The van der Waals surface area contributed by atoms with E-state index in [0.717, 1.165) is 22.1 Å². The first-order valence-electron chi connectivity index (χ1n) is 11.4. The van der Waals surface area contributed by atoms with Crippen LogP contribution in [0.15, 0.2) is 72.9 Å². The van der Waals surface area contributed by atoms with Gasteiger partial charge in [0.25, 0.3) is 0 Å². The predicted octanol–water partition coefficient (Wildman–Crippen LogP) is 6.94. The summed E-state index contributed by atoms with van der Waals surface area (Å²) in [5.41, 5.74) is 9.16. The fraction of sp³-hybridized carbons (Fsp3) is 0.214. The van der Waals surface area contributed by atoms with E-state index < -0.39 is 0 Å². The Labute approximate surface area is 211 Å². The lowest BCUT2D eigenvalue weighted by Crippen LogP contribution is -2.29. The summed E-state index contributed by atoms with van der Waals surface area (Å²) in [6.45, 7) is 8.66. The van der Waals surface area contributed by atoms with E-state index >= 15 is 0 Å². The molecule has 0 saturated carbocycles. The molecule has 172 valence electrons. The summed E-state index contributed by atoms with van der Waals surface area (Å²) < 4.78 is 2.29. The normalized spacial score (nSPS) is 17.8. The summed E-state index contributed by atoms with van der Waals surface area (Å²) in [6, 6.07) is 22.4. The topological polar surface area (TPSA) is 33.1 Å². The molecular weight excluding hydrogens is 460 g/mol. The molecule has 2 aromatic carbocycles. The molecule has 0 aliphatic carbocycles. The second-order valence-corrected chi connectivity index (χ2v) is 9.68. The molecule has 2 atom stereocenters. The minimum atomic E-state index is -0.0822. The molecule has 4 nitrogen and oxygen atoms in total. The third-order valence-electron chi connectivity index (χ3n) is 6.75. The Morgan fingerprint density at radius 1 is 0.882 bits per heavy atom. The van der Waals surface area contributed by atoms with Gasteiger partial charge in [0.05, 0.1) is 17.8 Å². The average Bonchev–Trinajstić information content (AvgIpc) is 3.27. The Hall–Kier alpha value is -3.15. The smallest absolute Gasteiger partial charge is 0.174 e. The summed E-state index contributed by atoms with van der Waals surface area (Å²) in [7, 11) is 0. The molecule has 0 bridgehead atoms. The van der Waals surface area contributed by atoms with Crippen LogP contribution in [0.5, 0.6) is 0 Å². The highest BCUT2D eigenvalue weighted by molar-refractivity contribution is 7.80. The van der Waals surface area contributed by atoms with Crippen molar-refractivity contribution in [3.05, 3.63) is 112 Å². The van der Waals surface area contributed by atoms with Crippen molar-refractivity contribution in [2.45, 2.75) is 39.8 Å². The first-order chi connectivity index (χ1) is 16.4. The molecule has 0 spiro atoms. The zero-order valence-corrected chi connectivity index (χ0v) is 21.3. The lowest BCUT2D eigenvalue weighted by atomic mass is 9.93. The van der Waals surface area contributed by atoms with Gasteiger partial charge in [-0.15, -0.1) is 0 Å². The summed E-state index contributed by atoms with van der Waals surface area (Å²) in [5, 5.41) is 5.01. The molecule has 6 heteroatoms. The Balaban J connectivity index is 1.74. The zero-order valence-electron chi connectivity index (χ0n) is 19.7. The van der Waals surface area contributed by atoms with E-state index in [9.17, 15) is 0 Å². The van der Waals surface area contributed by atoms with Crippen molar-refractivity contribution in [1.29, 1.82) is 0 Å². The Bertz CT molecular complexity index is 1380. The number of aryl methyl sites for hydroxylation is 1. The number of pyridine rings is 1. The van der Waals surface area contributed by atoms with Crippen molar-refractivity contribution in [1.82, 2.24) is 14.9 Å². The van der Waals surface area contributed by atoms with Gasteiger partial charge < -0.3 is 14.8 Å². The molecule has 1 saturated heterocycles. The van der Waals surface area contributed by atoms with Gasteiger partial charge in [-0.2, -0.15) is 0 Å². The number of anilines is 1. The van der Waals surface area contributed by atoms with Gasteiger partial charge in [-0.05, 0) is 93.5 Å². The van der Waals surface area contributed by atoms with Crippen molar-refractivity contribution >= 4 is 34.6 Å². The molecule has 1 fully saturated rings. The van der Waals surface area contributed by atoms with Gasteiger partial charge in [-0.25, -0.2) is 0 Å². The van der Waals surface area contributed by atoms with Crippen molar-refractivity contribution in [2.75, 3.05) is 4.90 Å². The van der Waals surface area contributed by atoms with E-state index in [1.807, 2.05) is 36.5 Å². The number of nitrogens with one attached hydrogen (secondary N) is 1. The number of aromatic nitrogens is 2. The zero-order chi connectivity index (χ0) is 24.0. The highest BCUT2D eigenvalue weighted by Crippen LogP contribution is 2.45. The number of rotatable bonds is 4. The third-order valence-corrected chi connectivity index (χ3v) is 7.30. The lowest BCUT2D eigenvalue weighted by molar-refractivity contribution is 0.563. The molecular formula is C28H27ClN4S. The highest BCUT2D eigenvalue weighted by atomic mass is 35.5. The number of benzene rings is 2. The van der Waals surface area contributed by atoms with E-state index in [1.165, 1.54) is 28.1 Å². The summed E-state index contributed by atoms with van der Waals surface area (Å²) >= 11 is 12.3. The van der Waals surface area contributed by atoms with Gasteiger partial charge in [0.2, 0.25) is 0 Å². The SMILES string of the molecule is Cc1cccc(N2C(=S)N[C@@H](c3ccccn3)[C@@H]2c2c(C)c(C)n(-c3cccc(Cl)c3)c2C)c1. The molecule has 1 aliphatic heterocycles. The molecule has 34 heavy (non-hydrogen) atoms. The summed E-state index contributed by atoms with van der Waals surface area (Å²) in [4.78, 5) is 6.95. The van der Waals surface area contributed by atoms with E-state index in [2.05, 4.69) is 78.9 Å². The monoisotopic (exact) mass is 486 g/mol. The van der Waals surface area contributed by atoms with E-state index in [1.54, 1.807) is 0 Å². The Morgan fingerprint density at radius 2 is 1.65 bits per heavy atom. The quantitative estimate of drug-likeness (QED) is 0.317. The maximum atomic E-state index is 6.36. The molecule has 1 aliphatic rings. The largest absolute Gasteiger partial charge is 0.351 e. The maximum absolute atomic E-state index is 6.36. The van der Waals surface area contributed by atoms with Gasteiger partial charge >= 0.3 is 0 Å². The van der Waals surface area contributed by atoms with Crippen LogP contribution in [0.1, 0.15) is 45.9 Å². The molecule has 2 aromatic heterocycles. The maximum Gasteiger partial charge on any atom is 0.174 e. The number of hydrogen-bond acceptors (Lipinski definition) is 2. The molecule has 3 heterocycles. The minimum absolute atomic E-state index is 0.0525. The number of thiocarbonyl (C=S) groups is 1. The minimum Gasteiger partial charge on any atom is -0.351 e. The first-order valence-corrected chi connectivity index (χ1v) is 12.2. The molecule has 0 unspecified atom stereocenters. The first kappa shape index (κ1) is 22.6. The summed E-state index contributed by atoms with van der Waals surface area (Å²) in [5.74, 6) is 0. The van der Waals surface area contributed by atoms with Gasteiger partial charge in [0, 0.05) is 39.5 Å². The lowest BCUT2D eigenvalue weighted by Gasteiger charge is -2.29. The summed E-state index contributed by atoms with van der Waals surface area (Å²) in [6.07, 6.45) is 1.84. The van der Waals surface area contributed by atoms with Crippen LogP contribution in [0.25, 0.3) is 5.69 Å². The van der Waals surface area contributed by atoms with Gasteiger partial charge in [-0.3, -0.25) is 4.98 Å². The molecule has 5 rings (SSSR count). The van der Waals surface area contributed by atoms with E-state index in [-0.39, 0.29) is 12.1 Å². The van der Waals surface area contributed by atoms with Crippen LogP contribution >= 0.6 is 23.8 Å². The van der Waals surface area contributed by atoms with Crippen molar-refractivity contribution in [3.63, 3.8) is 0 Å².